The number of phosphoric acid groups is 1. The fourth-order valence-corrected chi connectivity index (χ4v) is 7.20. The van der Waals surface area contributed by atoms with E-state index in [4.69, 9.17) is 18.5 Å². The first-order valence-electron chi connectivity index (χ1n) is 25.3. The topological polar surface area (TPSA) is 111 Å². The van der Waals surface area contributed by atoms with Gasteiger partial charge in [0.15, 0.2) is 6.10 Å². The van der Waals surface area contributed by atoms with Gasteiger partial charge in [-0.1, -0.05) is 176 Å². The Morgan fingerprint density at radius 2 is 0.891 bits per heavy atom. The van der Waals surface area contributed by atoms with Gasteiger partial charge in [0.05, 0.1) is 27.7 Å². The van der Waals surface area contributed by atoms with Gasteiger partial charge in [-0.2, -0.15) is 0 Å². The van der Waals surface area contributed by atoms with Crippen molar-refractivity contribution in [3.63, 3.8) is 0 Å². The molecule has 0 N–H and O–H groups in total. The van der Waals surface area contributed by atoms with Gasteiger partial charge >= 0.3 is 11.9 Å². The Kier molecular flexibility index (Phi) is 43.4. The molecule has 0 bridgehead atoms. The van der Waals surface area contributed by atoms with Gasteiger partial charge in [0, 0.05) is 12.8 Å². The second-order valence-corrected chi connectivity index (χ2v) is 19.2. The highest BCUT2D eigenvalue weighted by atomic mass is 31.2. The monoisotopic (exact) mass is 916 g/mol. The van der Waals surface area contributed by atoms with Gasteiger partial charge in [0.2, 0.25) is 0 Å². The number of nitrogens with zero attached hydrogens (tertiary/aromatic N) is 1. The lowest BCUT2D eigenvalue weighted by Gasteiger charge is -2.28. The number of unbranched alkanes of at least 4 members (excludes halogenated alkanes) is 17. The molecule has 0 spiro atoms. The van der Waals surface area contributed by atoms with E-state index in [-0.39, 0.29) is 26.1 Å². The largest absolute Gasteiger partial charge is 0.756 e. The summed E-state index contributed by atoms with van der Waals surface area (Å²) in [4.78, 5) is 37.7. The summed E-state index contributed by atoms with van der Waals surface area (Å²) in [5.41, 5.74) is 0. The van der Waals surface area contributed by atoms with E-state index in [0.717, 1.165) is 89.9 Å². The zero-order valence-corrected chi connectivity index (χ0v) is 42.3. The van der Waals surface area contributed by atoms with E-state index >= 15 is 0 Å². The lowest BCUT2D eigenvalue weighted by atomic mass is 10.1. The number of likely N-dealkylation sites (N-methyl/N-ethyl adjacent to an activating group) is 1. The van der Waals surface area contributed by atoms with Crippen LogP contribution in [-0.4, -0.2) is 70.0 Å². The quantitative estimate of drug-likeness (QED) is 0.0195. The summed E-state index contributed by atoms with van der Waals surface area (Å²) in [6, 6.07) is 0. The second-order valence-electron chi connectivity index (χ2n) is 17.8. The number of ether oxygens (including phenoxy) is 2. The number of phosphoric ester groups is 1. The van der Waals surface area contributed by atoms with Crippen LogP contribution >= 0.6 is 7.82 Å². The minimum absolute atomic E-state index is 0.0418. The van der Waals surface area contributed by atoms with Crippen LogP contribution < -0.4 is 4.89 Å². The summed E-state index contributed by atoms with van der Waals surface area (Å²) in [6.07, 6.45) is 59.0. The summed E-state index contributed by atoms with van der Waals surface area (Å²) in [5.74, 6) is -0.875. The van der Waals surface area contributed by atoms with E-state index < -0.39 is 32.5 Å². The number of carbonyl (C=O) groups excluding carboxylic acids is 2. The van der Waals surface area contributed by atoms with E-state index in [9.17, 15) is 19.0 Å². The SMILES string of the molecule is CC/C=C\C/C=C\C/C=C\C/C=C\CCCCCCC(=O)OC(COC(=O)CCCCCCCCCC/C=C\C/C=C\C/C=C\CCCCCCC)COP(=O)([O-])OCC[N+](C)(C)C. The van der Waals surface area contributed by atoms with Crippen LogP contribution in [0.2, 0.25) is 0 Å². The van der Waals surface area contributed by atoms with Crippen molar-refractivity contribution in [3.05, 3.63) is 85.1 Å². The molecular weight excluding hydrogens is 822 g/mol. The lowest BCUT2D eigenvalue weighted by Crippen LogP contribution is -2.37. The van der Waals surface area contributed by atoms with Crippen molar-refractivity contribution in [3.8, 4) is 0 Å². The number of hydrogen-bond donors (Lipinski definition) is 0. The van der Waals surface area contributed by atoms with Crippen molar-refractivity contribution in [2.24, 2.45) is 0 Å². The van der Waals surface area contributed by atoms with Crippen LogP contribution in [0.15, 0.2) is 85.1 Å². The van der Waals surface area contributed by atoms with Crippen LogP contribution in [0.5, 0.6) is 0 Å². The lowest BCUT2D eigenvalue weighted by molar-refractivity contribution is -0.870. The molecular formula is C54H94NO8P. The molecule has 0 aliphatic rings. The van der Waals surface area contributed by atoms with E-state index in [1.54, 1.807) is 0 Å². The Labute approximate surface area is 392 Å². The van der Waals surface area contributed by atoms with Gasteiger partial charge in [0.1, 0.15) is 19.8 Å². The molecule has 9 nitrogen and oxygen atoms in total. The molecule has 0 saturated carbocycles. The summed E-state index contributed by atoms with van der Waals surface area (Å²) < 4.78 is 34.0. The molecule has 0 aromatic heterocycles. The highest BCUT2D eigenvalue weighted by Crippen LogP contribution is 2.38. The van der Waals surface area contributed by atoms with Crippen LogP contribution in [-0.2, 0) is 32.7 Å². The molecule has 0 saturated heterocycles. The van der Waals surface area contributed by atoms with Crippen molar-refractivity contribution in [1.29, 1.82) is 0 Å². The molecule has 0 rings (SSSR count). The zero-order chi connectivity index (χ0) is 47.1. The van der Waals surface area contributed by atoms with Gasteiger partial charge < -0.3 is 27.9 Å². The maximum absolute atomic E-state index is 12.7. The second kappa shape index (κ2) is 45.4. The molecule has 0 aromatic carbocycles. The third-order valence-electron chi connectivity index (χ3n) is 10.4. The fraction of sp³-hybridized carbons (Fsp3) is 0.704. The number of hydrogen-bond acceptors (Lipinski definition) is 8. The predicted molar refractivity (Wildman–Crippen MR) is 268 cm³/mol. The molecule has 368 valence electrons. The summed E-state index contributed by atoms with van der Waals surface area (Å²) in [7, 11) is 1.13. The molecule has 0 aromatic rings. The summed E-state index contributed by atoms with van der Waals surface area (Å²) in [5, 5.41) is 0. The average molecular weight is 916 g/mol. The summed E-state index contributed by atoms with van der Waals surface area (Å²) in [6.45, 7) is 4.06. The Morgan fingerprint density at radius 3 is 1.33 bits per heavy atom. The molecule has 0 radical (unpaired) electrons. The molecule has 0 aliphatic heterocycles. The Hall–Kier alpha value is -2.81. The van der Waals surface area contributed by atoms with Crippen LogP contribution in [0.4, 0.5) is 0 Å². The molecule has 2 unspecified atom stereocenters. The van der Waals surface area contributed by atoms with Gasteiger partial charge in [-0.25, -0.2) is 0 Å². The Morgan fingerprint density at radius 1 is 0.500 bits per heavy atom. The van der Waals surface area contributed by atoms with Crippen LogP contribution in [0.3, 0.4) is 0 Å². The van der Waals surface area contributed by atoms with Crippen molar-refractivity contribution >= 4 is 19.8 Å². The number of rotatable bonds is 45. The van der Waals surface area contributed by atoms with Crippen LogP contribution in [0, 0.1) is 0 Å². The highest BCUT2D eigenvalue weighted by Gasteiger charge is 2.21. The number of allylic oxidation sites excluding steroid dienone is 14. The maximum atomic E-state index is 12.7. The van der Waals surface area contributed by atoms with E-state index in [0.29, 0.717) is 23.9 Å². The van der Waals surface area contributed by atoms with Crippen molar-refractivity contribution in [2.45, 2.75) is 200 Å². The molecule has 0 amide bonds. The smallest absolute Gasteiger partial charge is 0.306 e. The fourth-order valence-electron chi connectivity index (χ4n) is 6.48. The third-order valence-corrected chi connectivity index (χ3v) is 11.4. The van der Waals surface area contributed by atoms with Crippen molar-refractivity contribution in [1.82, 2.24) is 0 Å². The minimum atomic E-state index is -4.64. The standard InChI is InChI=1S/C54H94NO8P/c1-6-8-10-12-14-16-18-20-22-24-25-26-27-28-29-31-32-34-36-38-40-42-44-46-53(56)60-50-52(51-62-64(58,59)61-49-48-55(3,4)5)63-54(57)47-45-43-41-39-37-35-33-30-23-21-19-17-15-13-11-9-7-2/h9,11,15,17-18,20-21,23-25,27-28,33,35,52H,6-8,10,12-14,16,19,22,26,29-32,34,36-51H2,1-5H3/b11-9-,17-15-,20-18-,23-21-,25-24-,28-27-,35-33-. The Balaban J connectivity index is 4.32. The molecule has 0 fully saturated rings. The predicted octanol–water partition coefficient (Wildman–Crippen LogP) is 14.5. The molecule has 64 heavy (non-hydrogen) atoms. The van der Waals surface area contributed by atoms with E-state index in [1.807, 2.05) is 21.1 Å². The average Bonchev–Trinajstić information content (AvgIpc) is 3.25. The molecule has 2 atom stereocenters. The van der Waals surface area contributed by atoms with Gasteiger partial charge in [-0.3, -0.25) is 14.2 Å². The number of quaternary nitrogens is 1. The molecule has 0 heterocycles. The van der Waals surface area contributed by atoms with E-state index in [2.05, 4.69) is 98.9 Å². The first-order valence-corrected chi connectivity index (χ1v) is 26.8. The van der Waals surface area contributed by atoms with Crippen molar-refractivity contribution in [2.75, 3.05) is 47.5 Å². The van der Waals surface area contributed by atoms with Crippen LogP contribution in [0.1, 0.15) is 194 Å². The normalized spacial score (nSPS) is 14.2. The van der Waals surface area contributed by atoms with Crippen molar-refractivity contribution < 1.29 is 42.1 Å². The molecule has 10 heteroatoms. The van der Waals surface area contributed by atoms with E-state index in [1.165, 1.54) is 64.2 Å². The van der Waals surface area contributed by atoms with Gasteiger partial charge in [-0.15, -0.1) is 0 Å². The first-order chi connectivity index (χ1) is 31.0. The van der Waals surface area contributed by atoms with Gasteiger partial charge in [0.25, 0.3) is 7.82 Å². The summed E-state index contributed by atoms with van der Waals surface area (Å²) >= 11 is 0. The maximum Gasteiger partial charge on any atom is 0.306 e. The molecule has 0 aliphatic carbocycles. The minimum Gasteiger partial charge on any atom is -0.756 e. The highest BCUT2D eigenvalue weighted by molar-refractivity contribution is 7.45. The van der Waals surface area contributed by atoms with Gasteiger partial charge in [-0.05, 0) is 89.9 Å². The zero-order valence-electron chi connectivity index (χ0n) is 41.4. The Bertz CT molecular complexity index is 1360. The first kappa shape index (κ1) is 61.2. The third kappa shape index (κ3) is 48.6. The number of esters is 2. The van der Waals surface area contributed by atoms with Crippen LogP contribution in [0.25, 0.3) is 0 Å². The number of carbonyl (C=O) groups is 2.